The minimum absolute atomic E-state index is 0.0243. The van der Waals surface area contributed by atoms with E-state index in [2.05, 4.69) is 106 Å². The number of hydrogen-bond donors (Lipinski definition) is 1. The lowest BCUT2D eigenvalue weighted by atomic mass is 9.86. The van der Waals surface area contributed by atoms with Crippen LogP contribution >= 0.6 is 0 Å². The Hall–Kier alpha value is -6.28. The van der Waals surface area contributed by atoms with E-state index < -0.39 is 47.4 Å². The Kier molecular flexibility index (Phi) is 23.4. The molecule has 0 heterocycles. The van der Waals surface area contributed by atoms with Crippen molar-refractivity contribution in [2.45, 2.75) is 79.2 Å². The number of amides is 1. The summed E-state index contributed by atoms with van der Waals surface area (Å²) in [5.41, 5.74) is -0.665. The average molecular weight is 662 g/mol. The zero-order chi connectivity index (χ0) is 36.8. The molecule has 0 fully saturated rings. The Balaban J connectivity index is 5.37. The van der Waals surface area contributed by atoms with Gasteiger partial charge in [0.15, 0.2) is 0 Å². The van der Waals surface area contributed by atoms with Gasteiger partial charge in [-0.2, -0.15) is 0 Å². The van der Waals surface area contributed by atoms with Crippen LogP contribution in [0.5, 0.6) is 0 Å². The fraction of sp³-hybridized carbons (Fsp3) is 0.450. The number of esters is 3. The first kappa shape index (κ1) is 42.7. The van der Waals surface area contributed by atoms with Gasteiger partial charge in [0, 0.05) is 47.4 Å². The first-order valence-electron chi connectivity index (χ1n) is 15.4. The zero-order valence-electron chi connectivity index (χ0n) is 28.7. The standard InChI is InChI=1S/C40H39NO8/c1-8-11-13-14-15-16-17-18-19-20-21-22-23-24-25-26-29-47-38(44)35(32-34(10-3)37(43)46-28-12-9-2)31-33(4)36(42)48-30-27-41-39(45)49-40(5,6)7/h1,33-35H,9-10,12,27-28,30-32H2,2-7H3,(H,41,45). The summed E-state index contributed by atoms with van der Waals surface area (Å²) in [5.74, 6) is 34.7. The number of nitrogens with one attached hydrogen (secondary N) is 1. The largest absolute Gasteiger partial charge is 0.465 e. The molecule has 252 valence electrons. The predicted octanol–water partition coefficient (Wildman–Crippen LogP) is 3.62. The number of rotatable bonds is 14. The van der Waals surface area contributed by atoms with E-state index >= 15 is 0 Å². The van der Waals surface area contributed by atoms with Crippen LogP contribution in [0.15, 0.2) is 0 Å². The number of alkyl carbamates (subject to hydrolysis) is 1. The quantitative estimate of drug-likeness (QED) is 0.130. The van der Waals surface area contributed by atoms with E-state index in [1.807, 2.05) is 13.8 Å². The van der Waals surface area contributed by atoms with Gasteiger partial charge in [0.2, 0.25) is 0 Å². The highest BCUT2D eigenvalue weighted by Gasteiger charge is 2.32. The molecule has 0 aromatic carbocycles. The highest BCUT2D eigenvalue weighted by molar-refractivity contribution is 5.78. The van der Waals surface area contributed by atoms with Crippen LogP contribution in [0.25, 0.3) is 0 Å². The van der Waals surface area contributed by atoms with E-state index in [0.717, 1.165) is 12.8 Å². The molecule has 9 nitrogen and oxygen atoms in total. The van der Waals surface area contributed by atoms with E-state index in [1.54, 1.807) is 27.7 Å². The van der Waals surface area contributed by atoms with Gasteiger partial charge in [-0.25, -0.2) is 4.79 Å². The number of carbonyl (C=O) groups is 4. The van der Waals surface area contributed by atoms with Gasteiger partial charge in [0.05, 0.1) is 30.9 Å². The van der Waals surface area contributed by atoms with Crippen molar-refractivity contribution in [1.82, 2.24) is 5.32 Å². The lowest BCUT2D eigenvalue weighted by Gasteiger charge is -2.22. The van der Waals surface area contributed by atoms with Crippen LogP contribution in [-0.2, 0) is 33.3 Å². The number of carbonyl (C=O) groups excluding carboxylic acids is 4. The maximum Gasteiger partial charge on any atom is 0.407 e. The Morgan fingerprint density at radius 1 is 0.673 bits per heavy atom. The molecule has 1 N–H and O–H groups in total. The van der Waals surface area contributed by atoms with Crippen LogP contribution in [0.2, 0.25) is 0 Å². The molecule has 0 aliphatic rings. The number of unbranched alkanes of at least 4 members (excludes halogenated alkanes) is 1. The second-order valence-electron chi connectivity index (χ2n) is 10.8. The van der Waals surface area contributed by atoms with Gasteiger partial charge >= 0.3 is 24.0 Å². The van der Waals surface area contributed by atoms with Gasteiger partial charge in [-0.1, -0.05) is 27.2 Å². The maximum atomic E-state index is 13.0. The Morgan fingerprint density at radius 2 is 1.18 bits per heavy atom. The summed E-state index contributed by atoms with van der Waals surface area (Å²) in [6, 6.07) is 0. The molecule has 9 heteroatoms. The van der Waals surface area contributed by atoms with Crippen molar-refractivity contribution in [3.8, 4) is 107 Å². The van der Waals surface area contributed by atoms with Gasteiger partial charge in [0.25, 0.3) is 0 Å². The Morgan fingerprint density at radius 3 is 1.67 bits per heavy atom. The molecule has 0 saturated carbocycles. The molecule has 3 unspecified atom stereocenters. The normalized spacial score (nSPS) is 10.5. The topological polar surface area (TPSA) is 117 Å². The summed E-state index contributed by atoms with van der Waals surface area (Å²) in [7, 11) is 0. The molecule has 0 aromatic rings. The fourth-order valence-corrected chi connectivity index (χ4v) is 3.41. The van der Waals surface area contributed by atoms with E-state index in [-0.39, 0.29) is 32.6 Å². The number of terminal acetylenes is 1. The first-order chi connectivity index (χ1) is 23.4. The van der Waals surface area contributed by atoms with E-state index in [4.69, 9.17) is 25.4 Å². The molecule has 3 atom stereocenters. The highest BCUT2D eigenvalue weighted by Crippen LogP contribution is 2.25. The van der Waals surface area contributed by atoms with E-state index in [0.29, 0.717) is 6.42 Å². The van der Waals surface area contributed by atoms with Crippen LogP contribution in [0.1, 0.15) is 73.6 Å². The summed E-state index contributed by atoms with van der Waals surface area (Å²) in [5, 5.41) is 2.50. The lowest BCUT2D eigenvalue weighted by Crippen LogP contribution is -2.35. The molecule has 0 aliphatic heterocycles. The Bertz CT molecular complexity index is 1710. The number of ether oxygens (including phenoxy) is 4. The highest BCUT2D eigenvalue weighted by atomic mass is 16.6. The molecule has 1 amide bonds. The molecule has 0 radical (unpaired) electrons. The van der Waals surface area contributed by atoms with Gasteiger partial charge in [-0.15, -0.1) is 6.42 Å². The van der Waals surface area contributed by atoms with Crippen molar-refractivity contribution < 1.29 is 38.1 Å². The zero-order valence-corrected chi connectivity index (χ0v) is 28.7. The van der Waals surface area contributed by atoms with Crippen LogP contribution in [-0.4, -0.2) is 49.4 Å². The van der Waals surface area contributed by atoms with Crippen LogP contribution in [0.3, 0.4) is 0 Å². The fourth-order valence-electron chi connectivity index (χ4n) is 3.41. The van der Waals surface area contributed by atoms with Crippen LogP contribution in [0.4, 0.5) is 4.79 Å². The molecular formula is C40H39NO8. The van der Waals surface area contributed by atoms with Gasteiger partial charge in [-0.05, 0) is 93.8 Å². The molecule has 0 aliphatic carbocycles. The van der Waals surface area contributed by atoms with Gasteiger partial charge in [-0.3, -0.25) is 14.4 Å². The number of hydrogen-bond acceptors (Lipinski definition) is 8. The third-order valence-electron chi connectivity index (χ3n) is 5.68. The van der Waals surface area contributed by atoms with Crippen molar-refractivity contribution in [1.29, 1.82) is 0 Å². The summed E-state index contributed by atoms with van der Waals surface area (Å²) in [4.78, 5) is 50.1. The van der Waals surface area contributed by atoms with Crippen LogP contribution in [0, 0.1) is 125 Å². The monoisotopic (exact) mass is 661 g/mol. The molecule has 49 heavy (non-hydrogen) atoms. The summed E-state index contributed by atoms with van der Waals surface area (Å²) in [6.45, 7) is 10.8. The van der Waals surface area contributed by atoms with E-state index in [9.17, 15) is 19.2 Å². The van der Waals surface area contributed by atoms with Gasteiger partial charge < -0.3 is 24.3 Å². The van der Waals surface area contributed by atoms with Crippen molar-refractivity contribution in [3.05, 3.63) is 0 Å². The van der Waals surface area contributed by atoms with Crippen molar-refractivity contribution in [2.75, 3.05) is 19.8 Å². The van der Waals surface area contributed by atoms with Crippen molar-refractivity contribution in [3.63, 3.8) is 0 Å². The minimum atomic E-state index is -0.872. The van der Waals surface area contributed by atoms with Crippen molar-refractivity contribution in [2.24, 2.45) is 17.8 Å². The second kappa shape index (κ2) is 26.9. The Labute approximate surface area is 291 Å². The van der Waals surface area contributed by atoms with Crippen LogP contribution < -0.4 is 5.32 Å². The van der Waals surface area contributed by atoms with Gasteiger partial charge in [0.1, 0.15) is 18.3 Å². The molecule has 0 bridgehead atoms. The summed E-state index contributed by atoms with van der Waals surface area (Å²) < 4.78 is 20.8. The lowest BCUT2D eigenvalue weighted by molar-refractivity contribution is -0.152. The molecular weight excluding hydrogens is 622 g/mol. The molecule has 0 rings (SSSR count). The third kappa shape index (κ3) is 24.6. The second-order valence-corrected chi connectivity index (χ2v) is 10.8. The minimum Gasteiger partial charge on any atom is -0.465 e. The summed E-state index contributed by atoms with van der Waals surface area (Å²) in [6.07, 6.45) is 8.64. The van der Waals surface area contributed by atoms with Crippen molar-refractivity contribution >= 4 is 24.0 Å². The third-order valence-corrected chi connectivity index (χ3v) is 5.68. The molecule has 0 aromatic heterocycles. The molecule has 0 saturated heterocycles. The smallest absolute Gasteiger partial charge is 0.407 e. The molecule has 0 spiro atoms. The predicted molar refractivity (Wildman–Crippen MR) is 184 cm³/mol. The first-order valence-corrected chi connectivity index (χ1v) is 15.4. The van der Waals surface area contributed by atoms with E-state index in [1.165, 1.54) is 0 Å². The maximum absolute atomic E-state index is 13.0. The summed E-state index contributed by atoms with van der Waals surface area (Å²) >= 11 is 0. The average Bonchev–Trinajstić information content (AvgIpc) is 3.05. The SMILES string of the molecule is C#CC#CC#CC#CC#CC#CC#CC#CC#COC(=O)C(CC(C)C(=O)OCCNC(=O)OC(C)(C)C)CC(CC)C(=O)OCCCC.